The summed E-state index contributed by atoms with van der Waals surface area (Å²) in [4.78, 5) is 23.7. The molecule has 198 valence electrons. The highest BCUT2D eigenvalue weighted by molar-refractivity contribution is 7.99. The van der Waals surface area contributed by atoms with Crippen molar-refractivity contribution in [1.29, 1.82) is 0 Å². The van der Waals surface area contributed by atoms with Gasteiger partial charge in [-0.15, -0.1) is 11.8 Å². The van der Waals surface area contributed by atoms with Crippen molar-refractivity contribution in [2.45, 2.75) is 44.7 Å². The molecule has 0 spiro atoms. The van der Waals surface area contributed by atoms with E-state index in [1.54, 1.807) is 18.0 Å². The number of carbonyl (C=O) groups excluding carboxylic acids is 1. The predicted molar refractivity (Wildman–Crippen MR) is 161 cm³/mol. The Morgan fingerprint density at radius 3 is 2.31 bits per heavy atom. The molecule has 0 saturated carbocycles. The summed E-state index contributed by atoms with van der Waals surface area (Å²) in [7, 11) is 0. The first-order valence-electron chi connectivity index (χ1n) is 13.1. The Bertz CT molecular complexity index is 1590. The standard InChI is InChI=1S/C32H33N5OS/c1-5-39-26-14-11-24(12-15-26)30(33)32(38)35-25-13-17-28(34-19-25)31-36-27-16-8-21(3)18-29(27)37(31)22(4)23-9-6-20(2)7-10-23/h6-19,22,30H,5,33H2,1-4H3,(H,35,38). The number of nitrogens with two attached hydrogens (primary N) is 1. The van der Waals surface area contributed by atoms with Crippen LogP contribution in [0.15, 0.2) is 90.0 Å². The largest absolute Gasteiger partial charge is 0.323 e. The van der Waals surface area contributed by atoms with Gasteiger partial charge in [0.05, 0.1) is 29.0 Å². The lowest BCUT2D eigenvalue weighted by molar-refractivity contribution is -0.117. The van der Waals surface area contributed by atoms with Crippen LogP contribution >= 0.6 is 11.8 Å². The normalized spacial score (nSPS) is 12.8. The molecule has 1 amide bonds. The van der Waals surface area contributed by atoms with Crippen LogP contribution in [0.3, 0.4) is 0 Å². The van der Waals surface area contributed by atoms with E-state index in [0.717, 1.165) is 38.8 Å². The van der Waals surface area contributed by atoms with Crippen LogP contribution in [-0.4, -0.2) is 26.2 Å². The highest BCUT2D eigenvalue weighted by Crippen LogP contribution is 2.32. The van der Waals surface area contributed by atoms with Gasteiger partial charge in [-0.05, 0) is 79.6 Å². The lowest BCUT2D eigenvalue weighted by Gasteiger charge is -2.19. The van der Waals surface area contributed by atoms with E-state index in [1.165, 1.54) is 16.7 Å². The molecule has 3 aromatic carbocycles. The van der Waals surface area contributed by atoms with Crippen molar-refractivity contribution in [2.24, 2.45) is 5.73 Å². The first-order valence-corrected chi connectivity index (χ1v) is 14.1. The van der Waals surface area contributed by atoms with Crippen LogP contribution in [0, 0.1) is 13.8 Å². The van der Waals surface area contributed by atoms with Crippen molar-refractivity contribution in [1.82, 2.24) is 14.5 Å². The predicted octanol–water partition coefficient (Wildman–Crippen LogP) is 7.07. The van der Waals surface area contributed by atoms with Crippen molar-refractivity contribution in [3.8, 4) is 11.5 Å². The van der Waals surface area contributed by atoms with Crippen LogP contribution in [-0.2, 0) is 4.79 Å². The van der Waals surface area contributed by atoms with Gasteiger partial charge in [0.25, 0.3) is 0 Å². The molecule has 5 aromatic rings. The minimum Gasteiger partial charge on any atom is -0.323 e. The van der Waals surface area contributed by atoms with Gasteiger partial charge in [0, 0.05) is 4.90 Å². The third kappa shape index (κ3) is 5.75. The number of imidazole rings is 1. The van der Waals surface area contributed by atoms with Crippen molar-refractivity contribution in [2.75, 3.05) is 11.1 Å². The molecule has 2 aromatic heterocycles. The van der Waals surface area contributed by atoms with Crippen LogP contribution in [0.4, 0.5) is 5.69 Å². The minimum atomic E-state index is -0.770. The Balaban J connectivity index is 1.41. The third-order valence-electron chi connectivity index (χ3n) is 6.88. The summed E-state index contributed by atoms with van der Waals surface area (Å²) in [5.41, 5.74) is 13.9. The monoisotopic (exact) mass is 535 g/mol. The molecule has 6 nitrogen and oxygen atoms in total. The van der Waals surface area contributed by atoms with E-state index in [9.17, 15) is 4.79 Å². The van der Waals surface area contributed by atoms with Gasteiger partial charge in [0.15, 0.2) is 5.82 Å². The number of hydrogen-bond donors (Lipinski definition) is 2. The van der Waals surface area contributed by atoms with E-state index in [0.29, 0.717) is 5.69 Å². The zero-order valence-corrected chi connectivity index (χ0v) is 23.5. The molecule has 3 N–H and O–H groups in total. The lowest BCUT2D eigenvalue weighted by atomic mass is 10.1. The van der Waals surface area contributed by atoms with Crippen LogP contribution < -0.4 is 11.1 Å². The summed E-state index contributed by atoms with van der Waals surface area (Å²) in [6.45, 7) is 8.47. The van der Waals surface area contributed by atoms with Crippen LogP contribution in [0.2, 0.25) is 0 Å². The number of aromatic nitrogens is 3. The summed E-state index contributed by atoms with van der Waals surface area (Å²) in [6, 6.07) is 25.7. The van der Waals surface area contributed by atoms with Gasteiger partial charge >= 0.3 is 0 Å². The van der Waals surface area contributed by atoms with Gasteiger partial charge in [-0.2, -0.15) is 0 Å². The molecule has 0 aliphatic rings. The maximum absolute atomic E-state index is 12.9. The van der Waals surface area contributed by atoms with E-state index >= 15 is 0 Å². The molecule has 0 fully saturated rings. The number of hydrogen-bond acceptors (Lipinski definition) is 5. The SMILES string of the molecule is CCSc1ccc(C(N)C(=O)Nc2ccc(-c3nc4ccc(C)cc4n3C(C)c3ccc(C)cc3)nc2)cc1. The number of amides is 1. The Kier molecular flexibility index (Phi) is 7.82. The summed E-state index contributed by atoms with van der Waals surface area (Å²) in [6.07, 6.45) is 1.66. The van der Waals surface area contributed by atoms with Crippen LogP contribution in [0.25, 0.3) is 22.6 Å². The average molecular weight is 536 g/mol. The minimum absolute atomic E-state index is 0.0497. The van der Waals surface area contributed by atoms with Gasteiger partial charge in [0.2, 0.25) is 5.91 Å². The molecule has 0 saturated heterocycles. The fourth-order valence-corrected chi connectivity index (χ4v) is 5.34. The second kappa shape index (κ2) is 11.4. The second-order valence-corrected chi connectivity index (χ2v) is 11.1. The number of thioether (sulfide) groups is 1. The number of nitrogens with one attached hydrogen (secondary N) is 1. The lowest BCUT2D eigenvalue weighted by Crippen LogP contribution is -2.27. The maximum atomic E-state index is 12.9. The molecule has 0 radical (unpaired) electrons. The molecule has 39 heavy (non-hydrogen) atoms. The molecule has 2 unspecified atom stereocenters. The first-order chi connectivity index (χ1) is 18.8. The Labute approximate surface area is 233 Å². The van der Waals surface area contributed by atoms with Gasteiger partial charge in [-0.3, -0.25) is 9.78 Å². The number of anilines is 1. The maximum Gasteiger partial charge on any atom is 0.245 e. The van der Waals surface area contributed by atoms with E-state index in [-0.39, 0.29) is 11.9 Å². The number of pyridine rings is 1. The zero-order chi connectivity index (χ0) is 27.5. The van der Waals surface area contributed by atoms with E-state index in [4.69, 9.17) is 15.7 Å². The molecular weight excluding hydrogens is 502 g/mol. The van der Waals surface area contributed by atoms with E-state index in [1.807, 2.05) is 36.4 Å². The molecular formula is C32H33N5OS. The molecule has 5 rings (SSSR count). The van der Waals surface area contributed by atoms with E-state index in [2.05, 4.69) is 80.0 Å². The summed E-state index contributed by atoms with van der Waals surface area (Å²) >= 11 is 1.75. The van der Waals surface area contributed by atoms with Crippen molar-refractivity contribution in [3.63, 3.8) is 0 Å². The average Bonchev–Trinajstić information content (AvgIpc) is 3.32. The fraction of sp³-hybridized carbons (Fsp3) is 0.219. The number of nitrogens with zero attached hydrogens (tertiary/aromatic N) is 3. The first kappa shape index (κ1) is 26.7. The van der Waals surface area contributed by atoms with Crippen LogP contribution in [0.5, 0.6) is 0 Å². The van der Waals surface area contributed by atoms with Gasteiger partial charge in [-0.1, -0.05) is 55.0 Å². The Morgan fingerprint density at radius 2 is 1.64 bits per heavy atom. The molecule has 7 heteroatoms. The quantitative estimate of drug-likeness (QED) is 0.208. The van der Waals surface area contributed by atoms with Gasteiger partial charge < -0.3 is 15.6 Å². The second-order valence-electron chi connectivity index (χ2n) is 9.79. The van der Waals surface area contributed by atoms with Gasteiger partial charge in [-0.25, -0.2) is 4.98 Å². The Hall–Kier alpha value is -3.94. The van der Waals surface area contributed by atoms with Crippen molar-refractivity contribution >= 4 is 34.4 Å². The number of benzene rings is 3. The molecule has 2 atom stereocenters. The fourth-order valence-electron chi connectivity index (χ4n) is 4.68. The topological polar surface area (TPSA) is 85.8 Å². The van der Waals surface area contributed by atoms with Crippen molar-refractivity contribution < 1.29 is 4.79 Å². The summed E-state index contributed by atoms with van der Waals surface area (Å²) in [5, 5.41) is 2.90. The molecule has 0 aliphatic carbocycles. The van der Waals surface area contributed by atoms with Gasteiger partial charge in [0.1, 0.15) is 11.7 Å². The summed E-state index contributed by atoms with van der Waals surface area (Å²) < 4.78 is 2.24. The highest BCUT2D eigenvalue weighted by atomic mass is 32.2. The number of carbonyl (C=O) groups is 1. The number of rotatable bonds is 8. The van der Waals surface area contributed by atoms with Crippen LogP contribution in [0.1, 0.15) is 48.2 Å². The molecule has 0 aliphatic heterocycles. The smallest absolute Gasteiger partial charge is 0.245 e. The molecule has 0 bridgehead atoms. The summed E-state index contributed by atoms with van der Waals surface area (Å²) in [5.74, 6) is 1.50. The van der Waals surface area contributed by atoms with E-state index < -0.39 is 6.04 Å². The zero-order valence-electron chi connectivity index (χ0n) is 22.7. The number of fused-ring (bicyclic) bond motifs is 1. The third-order valence-corrected chi connectivity index (χ3v) is 7.78. The number of aryl methyl sites for hydroxylation is 2. The Morgan fingerprint density at radius 1 is 0.949 bits per heavy atom. The van der Waals surface area contributed by atoms with Crippen molar-refractivity contribution in [3.05, 3.63) is 107 Å². The highest BCUT2D eigenvalue weighted by Gasteiger charge is 2.21. The molecule has 2 heterocycles.